The van der Waals surface area contributed by atoms with E-state index in [1.165, 1.54) is 25.7 Å². The van der Waals surface area contributed by atoms with Gasteiger partial charge in [0.25, 0.3) is 0 Å². The number of carbonyl (C=O) groups is 2. The lowest BCUT2D eigenvalue weighted by atomic mass is 10.1. The first-order chi connectivity index (χ1) is 23.7. The SMILES string of the molecule is CC/C=C\C/C=C\C/C=C\CCCCCCCC(=O)O[C@H](COC(=O)CCCCCCC/C=C\CC1OC1CCCCC)COP(=O)(O)O. The Labute approximate surface area is 297 Å². The first-order valence-corrected chi connectivity index (χ1v) is 20.6. The van der Waals surface area contributed by atoms with Gasteiger partial charge in [0.1, 0.15) is 6.61 Å². The number of epoxide rings is 1. The van der Waals surface area contributed by atoms with Crippen molar-refractivity contribution < 1.29 is 42.7 Å². The van der Waals surface area contributed by atoms with Crippen LogP contribution in [0.4, 0.5) is 0 Å². The molecule has 0 aromatic rings. The second-order valence-corrected chi connectivity index (χ2v) is 14.1. The number of allylic oxidation sites excluding steroid dienone is 7. The molecule has 3 atom stereocenters. The summed E-state index contributed by atoms with van der Waals surface area (Å²) in [6.45, 7) is 3.50. The molecular formula is C39H67O9P. The largest absolute Gasteiger partial charge is 0.469 e. The zero-order valence-electron chi connectivity index (χ0n) is 30.5. The van der Waals surface area contributed by atoms with Gasteiger partial charge in [-0.3, -0.25) is 14.1 Å². The van der Waals surface area contributed by atoms with Gasteiger partial charge < -0.3 is 24.0 Å². The Kier molecular flexibility index (Phi) is 28.2. The van der Waals surface area contributed by atoms with Gasteiger partial charge in [-0.05, 0) is 70.6 Å². The molecular weight excluding hydrogens is 643 g/mol. The number of ether oxygens (including phenoxy) is 3. The molecule has 0 aromatic carbocycles. The molecule has 1 heterocycles. The fourth-order valence-electron chi connectivity index (χ4n) is 5.33. The zero-order chi connectivity index (χ0) is 35.8. The first kappa shape index (κ1) is 45.0. The van der Waals surface area contributed by atoms with Crippen molar-refractivity contribution in [3.8, 4) is 0 Å². The lowest BCUT2D eigenvalue weighted by Gasteiger charge is -2.18. The Morgan fingerprint density at radius 3 is 1.88 bits per heavy atom. The van der Waals surface area contributed by atoms with Gasteiger partial charge in [0.15, 0.2) is 6.10 Å². The van der Waals surface area contributed by atoms with Crippen LogP contribution in [-0.2, 0) is 32.9 Å². The summed E-state index contributed by atoms with van der Waals surface area (Å²) in [6.07, 6.45) is 38.6. The smallest absolute Gasteiger partial charge is 0.462 e. The highest BCUT2D eigenvalue weighted by Crippen LogP contribution is 2.36. The number of hydrogen-bond acceptors (Lipinski definition) is 7. The van der Waals surface area contributed by atoms with Crippen LogP contribution in [0.3, 0.4) is 0 Å². The Balaban J connectivity index is 2.10. The molecule has 49 heavy (non-hydrogen) atoms. The Hall–Kier alpha value is -2.03. The quantitative estimate of drug-likeness (QED) is 0.0224. The second kappa shape index (κ2) is 30.8. The van der Waals surface area contributed by atoms with E-state index >= 15 is 0 Å². The zero-order valence-corrected chi connectivity index (χ0v) is 31.4. The van der Waals surface area contributed by atoms with E-state index in [4.69, 9.17) is 24.0 Å². The number of phosphoric acid groups is 1. The van der Waals surface area contributed by atoms with Gasteiger partial charge in [0, 0.05) is 12.8 Å². The van der Waals surface area contributed by atoms with Crippen molar-refractivity contribution in [1.29, 1.82) is 0 Å². The van der Waals surface area contributed by atoms with E-state index < -0.39 is 32.5 Å². The summed E-state index contributed by atoms with van der Waals surface area (Å²) in [5.41, 5.74) is 0. The van der Waals surface area contributed by atoms with Crippen molar-refractivity contribution in [1.82, 2.24) is 0 Å². The van der Waals surface area contributed by atoms with E-state index in [1.807, 2.05) is 0 Å². The van der Waals surface area contributed by atoms with Crippen LogP contribution in [0.5, 0.6) is 0 Å². The van der Waals surface area contributed by atoms with Crippen LogP contribution in [0.25, 0.3) is 0 Å². The highest BCUT2D eigenvalue weighted by atomic mass is 31.2. The number of unbranched alkanes of at least 4 members (excludes halogenated alkanes) is 12. The number of esters is 2. The number of carbonyl (C=O) groups excluding carboxylic acids is 2. The lowest BCUT2D eigenvalue weighted by Crippen LogP contribution is -2.29. The third-order valence-corrected chi connectivity index (χ3v) is 8.74. The first-order valence-electron chi connectivity index (χ1n) is 19.1. The van der Waals surface area contributed by atoms with Gasteiger partial charge in [-0.15, -0.1) is 0 Å². The molecule has 0 aliphatic carbocycles. The van der Waals surface area contributed by atoms with E-state index in [1.54, 1.807) is 0 Å². The van der Waals surface area contributed by atoms with E-state index in [2.05, 4.69) is 67.0 Å². The average molecular weight is 711 g/mol. The molecule has 2 N–H and O–H groups in total. The minimum atomic E-state index is -4.76. The summed E-state index contributed by atoms with van der Waals surface area (Å²) in [4.78, 5) is 42.7. The van der Waals surface area contributed by atoms with Crippen LogP contribution >= 0.6 is 7.82 Å². The fourth-order valence-corrected chi connectivity index (χ4v) is 5.69. The van der Waals surface area contributed by atoms with Gasteiger partial charge in [0.05, 0.1) is 18.8 Å². The van der Waals surface area contributed by atoms with Crippen LogP contribution < -0.4 is 0 Å². The predicted octanol–water partition coefficient (Wildman–Crippen LogP) is 10.2. The third-order valence-electron chi connectivity index (χ3n) is 8.26. The molecule has 9 nitrogen and oxygen atoms in total. The summed E-state index contributed by atoms with van der Waals surface area (Å²) < 4.78 is 32.0. The fraction of sp³-hybridized carbons (Fsp3) is 0.744. The summed E-state index contributed by atoms with van der Waals surface area (Å²) >= 11 is 0. The molecule has 1 fully saturated rings. The van der Waals surface area contributed by atoms with Crippen LogP contribution in [0.1, 0.15) is 155 Å². The van der Waals surface area contributed by atoms with E-state index in [0.717, 1.165) is 89.9 Å². The maximum absolute atomic E-state index is 12.4. The Morgan fingerprint density at radius 1 is 0.673 bits per heavy atom. The molecule has 0 saturated carbocycles. The number of phosphoric ester groups is 1. The molecule has 1 saturated heterocycles. The summed E-state index contributed by atoms with van der Waals surface area (Å²) in [6, 6.07) is 0. The van der Waals surface area contributed by atoms with Crippen LogP contribution in [0.15, 0.2) is 48.6 Å². The molecule has 1 rings (SSSR count). The molecule has 0 spiro atoms. The van der Waals surface area contributed by atoms with E-state index in [0.29, 0.717) is 25.0 Å². The number of hydrogen-bond donors (Lipinski definition) is 2. The van der Waals surface area contributed by atoms with Crippen molar-refractivity contribution in [2.24, 2.45) is 0 Å². The normalized spacial score (nSPS) is 17.1. The maximum Gasteiger partial charge on any atom is 0.469 e. The predicted molar refractivity (Wildman–Crippen MR) is 197 cm³/mol. The van der Waals surface area contributed by atoms with E-state index in [-0.39, 0.29) is 19.4 Å². The summed E-state index contributed by atoms with van der Waals surface area (Å²) in [5.74, 6) is -0.930. The summed E-state index contributed by atoms with van der Waals surface area (Å²) in [5, 5.41) is 0. The molecule has 0 radical (unpaired) electrons. The van der Waals surface area contributed by atoms with Crippen molar-refractivity contribution >= 4 is 19.8 Å². The molecule has 0 amide bonds. The molecule has 0 bridgehead atoms. The van der Waals surface area contributed by atoms with Gasteiger partial charge in [-0.1, -0.05) is 120 Å². The standard InChI is InChI=1S/C39H67O9P/c1-3-5-7-8-9-10-11-12-13-14-15-16-21-24-28-32-39(41)47-35(34-46-49(42,43)44)33-45-38(40)31-27-23-20-18-17-19-22-26-30-37-36(48-37)29-25-6-4-2/h5,7,9-10,12-13,22,26,35-37H,3-4,6,8,11,14-21,23-25,27-34H2,1-2H3,(H2,42,43,44)/b7-5-,10-9-,13-12-,26-22-/t35-,36?,37?/m1/s1. The molecule has 1 aliphatic rings. The Bertz CT molecular complexity index is 1000. The summed E-state index contributed by atoms with van der Waals surface area (Å²) in [7, 11) is -4.76. The van der Waals surface area contributed by atoms with Gasteiger partial charge in [-0.2, -0.15) is 0 Å². The maximum atomic E-state index is 12.4. The molecule has 0 aromatic heterocycles. The topological polar surface area (TPSA) is 132 Å². The van der Waals surface area contributed by atoms with Crippen molar-refractivity contribution in [3.63, 3.8) is 0 Å². The molecule has 282 valence electrons. The molecule has 2 unspecified atom stereocenters. The van der Waals surface area contributed by atoms with Crippen molar-refractivity contribution in [2.75, 3.05) is 13.2 Å². The van der Waals surface area contributed by atoms with Crippen LogP contribution in [0, 0.1) is 0 Å². The van der Waals surface area contributed by atoms with E-state index in [9.17, 15) is 14.2 Å². The lowest BCUT2D eigenvalue weighted by molar-refractivity contribution is -0.161. The average Bonchev–Trinajstić information content (AvgIpc) is 3.82. The van der Waals surface area contributed by atoms with Gasteiger partial charge in [-0.25, -0.2) is 4.57 Å². The highest BCUT2D eigenvalue weighted by molar-refractivity contribution is 7.46. The molecule has 1 aliphatic heterocycles. The van der Waals surface area contributed by atoms with Crippen LogP contribution in [0.2, 0.25) is 0 Å². The minimum absolute atomic E-state index is 0.185. The Morgan fingerprint density at radius 2 is 1.24 bits per heavy atom. The monoisotopic (exact) mass is 710 g/mol. The van der Waals surface area contributed by atoms with Crippen molar-refractivity contribution in [3.05, 3.63) is 48.6 Å². The second-order valence-electron chi connectivity index (χ2n) is 12.9. The van der Waals surface area contributed by atoms with Crippen molar-refractivity contribution in [2.45, 2.75) is 173 Å². The van der Waals surface area contributed by atoms with Gasteiger partial charge in [0.2, 0.25) is 0 Å². The third kappa shape index (κ3) is 30.5. The minimum Gasteiger partial charge on any atom is -0.462 e. The van der Waals surface area contributed by atoms with Crippen LogP contribution in [-0.4, -0.2) is 53.3 Å². The number of rotatable bonds is 33. The highest BCUT2D eigenvalue weighted by Gasteiger charge is 2.36. The molecule has 10 heteroatoms. The van der Waals surface area contributed by atoms with Gasteiger partial charge >= 0.3 is 19.8 Å².